The van der Waals surface area contributed by atoms with Gasteiger partial charge in [0.2, 0.25) is 11.9 Å². The maximum atomic E-state index is 12.7. The zero-order valence-electron chi connectivity index (χ0n) is 17.6. The first-order chi connectivity index (χ1) is 14.6. The SMILES string of the molecule is CCCC(=O)N[C@H]1[C@@H](c2ccccc2)n2ncnc2N[C@H]1c1ccc(N(C)C)cc1. The Labute approximate surface area is 177 Å². The highest BCUT2D eigenvalue weighted by atomic mass is 16.1. The van der Waals surface area contributed by atoms with Crippen LogP contribution in [0.2, 0.25) is 0 Å². The number of hydrogen-bond donors (Lipinski definition) is 2. The quantitative estimate of drug-likeness (QED) is 0.659. The van der Waals surface area contributed by atoms with Crippen molar-refractivity contribution in [2.75, 3.05) is 24.3 Å². The van der Waals surface area contributed by atoms with Crippen LogP contribution in [0.5, 0.6) is 0 Å². The van der Waals surface area contributed by atoms with Crippen LogP contribution in [0, 0.1) is 0 Å². The first-order valence-corrected chi connectivity index (χ1v) is 10.4. The number of nitrogens with one attached hydrogen (secondary N) is 2. The van der Waals surface area contributed by atoms with Crippen LogP contribution in [-0.2, 0) is 4.79 Å². The molecule has 0 radical (unpaired) electrons. The van der Waals surface area contributed by atoms with E-state index >= 15 is 0 Å². The standard InChI is InChI=1S/C23H28N6O/c1-4-8-19(30)26-21-20(16-11-13-18(14-12-16)28(2)3)27-23-24-15-25-29(23)22(21)17-9-6-5-7-10-17/h5-7,9-15,20-22H,4,8H2,1-3H3,(H,26,30)(H,24,25,27)/t20-,21+,22+/m0/s1. The molecule has 3 aromatic rings. The van der Waals surface area contributed by atoms with Gasteiger partial charge in [-0.1, -0.05) is 49.4 Å². The summed E-state index contributed by atoms with van der Waals surface area (Å²) in [5.74, 6) is 0.746. The highest BCUT2D eigenvalue weighted by molar-refractivity contribution is 5.76. The summed E-state index contributed by atoms with van der Waals surface area (Å²) >= 11 is 0. The Morgan fingerprint density at radius 3 is 2.50 bits per heavy atom. The van der Waals surface area contributed by atoms with E-state index in [2.05, 4.69) is 62.0 Å². The topological polar surface area (TPSA) is 75.1 Å². The van der Waals surface area contributed by atoms with Crippen molar-refractivity contribution in [3.05, 3.63) is 72.1 Å². The van der Waals surface area contributed by atoms with Crippen molar-refractivity contribution in [1.29, 1.82) is 0 Å². The van der Waals surface area contributed by atoms with Crippen molar-refractivity contribution in [1.82, 2.24) is 20.1 Å². The van der Waals surface area contributed by atoms with E-state index in [4.69, 9.17) is 0 Å². The molecule has 1 aliphatic heterocycles. The Morgan fingerprint density at radius 2 is 1.83 bits per heavy atom. The lowest BCUT2D eigenvalue weighted by molar-refractivity contribution is -0.122. The van der Waals surface area contributed by atoms with Crippen molar-refractivity contribution in [2.24, 2.45) is 0 Å². The highest BCUT2D eigenvalue weighted by Crippen LogP contribution is 2.38. The van der Waals surface area contributed by atoms with Crippen LogP contribution in [0.15, 0.2) is 60.9 Å². The van der Waals surface area contributed by atoms with Gasteiger partial charge in [0.05, 0.1) is 12.1 Å². The number of benzene rings is 2. The third kappa shape index (κ3) is 3.87. The average molecular weight is 405 g/mol. The molecular weight excluding hydrogens is 376 g/mol. The highest BCUT2D eigenvalue weighted by Gasteiger charge is 2.40. The van der Waals surface area contributed by atoms with Crippen LogP contribution in [0.1, 0.15) is 43.0 Å². The maximum Gasteiger partial charge on any atom is 0.222 e. The van der Waals surface area contributed by atoms with E-state index in [0.717, 1.165) is 23.2 Å². The zero-order valence-corrected chi connectivity index (χ0v) is 17.6. The Kier molecular flexibility index (Phi) is 5.70. The van der Waals surface area contributed by atoms with E-state index in [-0.39, 0.29) is 24.0 Å². The molecule has 3 atom stereocenters. The minimum absolute atomic E-state index is 0.0451. The molecule has 2 heterocycles. The van der Waals surface area contributed by atoms with E-state index in [9.17, 15) is 4.79 Å². The van der Waals surface area contributed by atoms with Crippen LogP contribution in [0.25, 0.3) is 0 Å². The molecule has 1 aliphatic rings. The van der Waals surface area contributed by atoms with E-state index < -0.39 is 0 Å². The fourth-order valence-electron chi connectivity index (χ4n) is 4.04. The van der Waals surface area contributed by atoms with Crippen LogP contribution in [0.3, 0.4) is 0 Å². The van der Waals surface area contributed by atoms with Gasteiger partial charge in [-0.15, -0.1) is 0 Å². The molecule has 0 fully saturated rings. The molecule has 0 bridgehead atoms. The molecule has 0 aliphatic carbocycles. The predicted molar refractivity (Wildman–Crippen MR) is 119 cm³/mol. The second kappa shape index (κ2) is 8.57. The first-order valence-electron chi connectivity index (χ1n) is 10.4. The van der Waals surface area contributed by atoms with Gasteiger partial charge in [-0.2, -0.15) is 10.1 Å². The monoisotopic (exact) mass is 404 g/mol. The van der Waals surface area contributed by atoms with Crippen molar-refractivity contribution in [2.45, 2.75) is 37.9 Å². The third-order valence-electron chi connectivity index (χ3n) is 5.53. The Morgan fingerprint density at radius 1 is 1.10 bits per heavy atom. The lowest BCUT2D eigenvalue weighted by atomic mass is 9.87. The number of nitrogens with zero attached hydrogens (tertiary/aromatic N) is 4. The number of carbonyl (C=O) groups excluding carboxylic acids is 1. The second-order valence-corrected chi connectivity index (χ2v) is 7.84. The Balaban J connectivity index is 1.78. The van der Waals surface area contributed by atoms with Gasteiger partial charge in [0, 0.05) is 26.2 Å². The van der Waals surface area contributed by atoms with E-state index in [1.807, 2.05) is 43.9 Å². The number of fused-ring (bicyclic) bond motifs is 1. The summed E-state index contributed by atoms with van der Waals surface area (Å²) in [4.78, 5) is 19.2. The molecule has 2 aromatic carbocycles. The number of carbonyl (C=O) groups is 1. The number of aromatic nitrogens is 3. The van der Waals surface area contributed by atoms with Gasteiger partial charge in [0.1, 0.15) is 12.4 Å². The van der Waals surface area contributed by atoms with Gasteiger partial charge < -0.3 is 15.5 Å². The molecule has 30 heavy (non-hydrogen) atoms. The van der Waals surface area contributed by atoms with E-state index in [0.29, 0.717) is 12.4 Å². The predicted octanol–water partition coefficient (Wildman–Crippen LogP) is 3.39. The Hall–Kier alpha value is -3.35. The summed E-state index contributed by atoms with van der Waals surface area (Å²) in [6.07, 6.45) is 2.86. The number of hydrogen-bond acceptors (Lipinski definition) is 5. The zero-order chi connectivity index (χ0) is 21.1. The average Bonchev–Trinajstić information content (AvgIpc) is 3.22. The van der Waals surface area contributed by atoms with Crippen LogP contribution < -0.4 is 15.5 Å². The minimum Gasteiger partial charge on any atom is -0.378 e. The van der Waals surface area contributed by atoms with Gasteiger partial charge in [-0.25, -0.2) is 4.68 Å². The molecule has 7 nitrogen and oxygen atoms in total. The van der Waals surface area contributed by atoms with Crippen LogP contribution in [0.4, 0.5) is 11.6 Å². The van der Waals surface area contributed by atoms with Crippen molar-refractivity contribution in [3.63, 3.8) is 0 Å². The number of rotatable bonds is 6. The van der Waals surface area contributed by atoms with Crippen molar-refractivity contribution in [3.8, 4) is 0 Å². The fourth-order valence-corrected chi connectivity index (χ4v) is 4.04. The minimum atomic E-state index is -0.217. The van der Waals surface area contributed by atoms with Crippen LogP contribution >= 0.6 is 0 Å². The molecule has 0 spiro atoms. The largest absolute Gasteiger partial charge is 0.378 e. The lowest BCUT2D eigenvalue weighted by Gasteiger charge is -2.40. The van der Waals surface area contributed by atoms with Gasteiger partial charge in [-0.3, -0.25) is 4.79 Å². The number of amides is 1. The third-order valence-corrected chi connectivity index (χ3v) is 5.53. The summed E-state index contributed by atoms with van der Waals surface area (Å²) in [5.41, 5.74) is 3.31. The second-order valence-electron chi connectivity index (χ2n) is 7.84. The lowest BCUT2D eigenvalue weighted by Crippen LogP contribution is -2.51. The van der Waals surface area contributed by atoms with Crippen molar-refractivity contribution >= 4 is 17.5 Å². The molecule has 0 saturated heterocycles. The smallest absolute Gasteiger partial charge is 0.222 e. The summed E-state index contributed by atoms with van der Waals surface area (Å²) in [6, 6.07) is 18.1. The van der Waals surface area contributed by atoms with E-state index in [1.54, 1.807) is 6.33 Å². The van der Waals surface area contributed by atoms with Gasteiger partial charge in [-0.05, 0) is 29.7 Å². The fraction of sp³-hybridized carbons (Fsp3) is 0.348. The molecular formula is C23H28N6O. The Bertz CT molecular complexity index is 982. The molecule has 4 rings (SSSR count). The molecule has 1 aromatic heterocycles. The molecule has 156 valence electrons. The maximum absolute atomic E-state index is 12.7. The van der Waals surface area contributed by atoms with Gasteiger partial charge in [0.25, 0.3) is 0 Å². The molecule has 1 amide bonds. The van der Waals surface area contributed by atoms with E-state index in [1.165, 1.54) is 0 Å². The molecule has 2 N–H and O–H groups in total. The molecule has 0 unspecified atom stereocenters. The van der Waals surface area contributed by atoms with Crippen molar-refractivity contribution < 1.29 is 4.79 Å². The van der Waals surface area contributed by atoms with Gasteiger partial charge in [0.15, 0.2) is 0 Å². The summed E-state index contributed by atoms with van der Waals surface area (Å²) in [7, 11) is 4.05. The number of anilines is 2. The summed E-state index contributed by atoms with van der Waals surface area (Å²) in [6.45, 7) is 2.01. The van der Waals surface area contributed by atoms with Gasteiger partial charge >= 0.3 is 0 Å². The van der Waals surface area contributed by atoms with Crippen LogP contribution in [-0.4, -0.2) is 40.8 Å². The summed E-state index contributed by atoms with van der Waals surface area (Å²) < 4.78 is 1.87. The summed E-state index contributed by atoms with van der Waals surface area (Å²) in [5, 5.41) is 11.3. The normalized spacial score (nSPS) is 20.2. The first kappa shape index (κ1) is 19.9. The molecule has 0 saturated carbocycles. The molecule has 7 heteroatoms.